The van der Waals surface area contributed by atoms with E-state index in [4.69, 9.17) is 10.5 Å². The molecule has 2 N–H and O–H groups in total. The van der Waals surface area contributed by atoms with Crippen molar-refractivity contribution in [1.82, 2.24) is 0 Å². The summed E-state index contributed by atoms with van der Waals surface area (Å²) in [6.45, 7) is 4.57. The summed E-state index contributed by atoms with van der Waals surface area (Å²) in [5.74, 6) is 0.900. The number of ether oxygens (including phenoxy) is 1. The molecular formula is C16H18FNO. The Morgan fingerprint density at radius 2 is 1.95 bits per heavy atom. The fourth-order valence-corrected chi connectivity index (χ4v) is 1.89. The molecule has 0 heterocycles. The Bertz CT molecular complexity index is 546. The second-order valence-corrected chi connectivity index (χ2v) is 4.91. The van der Waals surface area contributed by atoms with Gasteiger partial charge in [-0.2, -0.15) is 0 Å². The second kappa shape index (κ2) is 5.74. The molecule has 2 aromatic carbocycles. The minimum absolute atomic E-state index is 0.309. The number of benzene rings is 2. The molecule has 0 amide bonds. The van der Waals surface area contributed by atoms with Crippen LogP contribution in [0, 0.1) is 5.82 Å². The van der Waals surface area contributed by atoms with Crippen LogP contribution in [0.25, 0.3) is 0 Å². The van der Waals surface area contributed by atoms with Gasteiger partial charge >= 0.3 is 0 Å². The summed E-state index contributed by atoms with van der Waals surface area (Å²) in [7, 11) is 0. The maximum absolute atomic E-state index is 13.2. The van der Waals surface area contributed by atoms with E-state index in [1.807, 2.05) is 18.2 Å². The van der Waals surface area contributed by atoms with Gasteiger partial charge in [0, 0.05) is 5.69 Å². The van der Waals surface area contributed by atoms with Gasteiger partial charge < -0.3 is 10.5 Å². The molecule has 0 radical (unpaired) electrons. The van der Waals surface area contributed by atoms with E-state index in [2.05, 4.69) is 19.9 Å². The molecule has 0 fully saturated rings. The van der Waals surface area contributed by atoms with Crippen molar-refractivity contribution < 1.29 is 9.13 Å². The van der Waals surface area contributed by atoms with E-state index in [9.17, 15) is 4.39 Å². The average Bonchev–Trinajstić information content (AvgIpc) is 2.35. The third-order valence-electron chi connectivity index (χ3n) is 2.91. The highest BCUT2D eigenvalue weighted by atomic mass is 19.1. The molecule has 0 saturated heterocycles. The van der Waals surface area contributed by atoms with Gasteiger partial charge in [-0.15, -0.1) is 0 Å². The van der Waals surface area contributed by atoms with Crippen molar-refractivity contribution in [2.24, 2.45) is 0 Å². The van der Waals surface area contributed by atoms with Gasteiger partial charge in [-0.25, -0.2) is 4.39 Å². The van der Waals surface area contributed by atoms with Crippen LogP contribution in [-0.4, -0.2) is 0 Å². The second-order valence-electron chi connectivity index (χ2n) is 4.91. The molecule has 0 aliphatic heterocycles. The number of hydrogen-bond acceptors (Lipinski definition) is 2. The maximum atomic E-state index is 13.2. The highest BCUT2D eigenvalue weighted by molar-refractivity contribution is 5.41. The van der Waals surface area contributed by atoms with Gasteiger partial charge in [-0.1, -0.05) is 26.0 Å². The zero-order valence-corrected chi connectivity index (χ0v) is 11.2. The maximum Gasteiger partial charge on any atom is 0.125 e. The van der Waals surface area contributed by atoms with Gasteiger partial charge in [0.05, 0.1) is 0 Å². The lowest BCUT2D eigenvalue weighted by atomic mass is 10.0. The lowest BCUT2D eigenvalue weighted by molar-refractivity contribution is 0.305. The minimum Gasteiger partial charge on any atom is -0.489 e. The van der Waals surface area contributed by atoms with Gasteiger partial charge in [0.15, 0.2) is 0 Å². The van der Waals surface area contributed by atoms with Gasteiger partial charge in [-0.3, -0.25) is 0 Å². The minimum atomic E-state index is -0.338. The third kappa shape index (κ3) is 3.71. The number of anilines is 1. The first-order valence-corrected chi connectivity index (χ1v) is 6.32. The Morgan fingerprint density at radius 1 is 1.16 bits per heavy atom. The van der Waals surface area contributed by atoms with Crippen LogP contribution in [-0.2, 0) is 6.61 Å². The van der Waals surface area contributed by atoms with Crippen LogP contribution in [0.5, 0.6) is 5.75 Å². The summed E-state index contributed by atoms with van der Waals surface area (Å²) >= 11 is 0. The molecule has 2 rings (SSSR count). The Balaban J connectivity index is 2.07. The van der Waals surface area contributed by atoms with E-state index >= 15 is 0 Å². The number of hydrogen-bond donors (Lipinski definition) is 1. The summed E-state index contributed by atoms with van der Waals surface area (Å²) in [6.07, 6.45) is 0. The van der Waals surface area contributed by atoms with Gasteiger partial charge in [-0.05, 0) is 47.4 Å². The van der Waals surface area contributed by atoms with Crippen molar-refractivity contribution in [3.8, 4) is 5.75 Å². The van der Waals surface area contributed by atoms with Crippen LogP contribution >= 0.6 is 0 Å². The first-order chi connectivity index (χ1) is 9.04. The van der Waals surface area contributed by atoms with Crippen molar-refractivity contribution >= 4 is 5.69 Å². The molecule has 3 heteroatoms. The number of nitrogen functional groups attached to an aromatic ring is 1. The van der Waals surface area contributed by atoms with Crippen molar-refractivity contribution in [2.75, 3.05) is 5.73 Å². The zero-order chi connectivity index (χ0) is 13.8. The first-order valence-electron chi connectivity index (χ1n) is 6.32. The van der Waals surface area contributed by atoms with Crippen LogP contribution in [0.2, 0.25) is 0 Å². The SMILES string of the molecule is CC(C)c1cccc(OCc2cc(N)cc(F)c2)c1. The molecular weight excluding hydrogens is 241 g/mol. The first kappa shape index (κ1) is 13.4. The molecule has 19 heavy (non-hydrogen) atoms. The Kier molecular flexibility index (Phi) is 4.05. The normalized spacial score (nSPS) is 10.7. The lowest BCUT2D eigenvalue weighted by Gasteiger charge is -2.10. The highest BCUT2D eigenvalue weighted by Gasteiger charge is 2.03. The molecule has 2 aromatic rings. The Morgan fingerprint density at radius 3 is 2.63 bits per heavy atom. The molecule has 0 spiro atoms. The number of halogens is 1. The highest BCUT2D eigenvalue weighted by Crippen LogP contribution is 2.21. The van der Waals surface area contributed by atoms with Crippen molar-refractivity contribution in [3.63, 3.8) is 0 Å². The summed E-state index contributed by atoms with van der Waals surface area (Å²) < 4.78 is 18.9. The van der Waals surface area contributed by atoms with Crippen LogP contribution < -0.4 is 10.5 Å². The average molecular weight is 259 g/mol. The standard InChI is InChI=1S/C16H18FNO/c1-11(2)13-4-3-5-16(8-13)19-10-12-6-14(17)9-15(18)7-12/h3-9,11H,10,18H2,1-2H3. The lowest BCUT2D eigenvalue weighted by Crippen LogP contribution is -1.98. The van der Waals surface area contributed by atoms with Crippen molar-refractivity contribution in [2.45, 2.75) is 26.4 Å². The monoisotopic (exact) mass is 259 g/mol. The summed E-state index contributed by atoms with van der Waals surface area (Å²) in [5.41, 5.74) is 7.96. The smallest absolute Gasteiger partial charge is 0.125 e. The van der Waals surface area contributed by atoms with Crippen LogP contribution in [0.1, 0.15) is 30.9 Å². The van der Waals surface area contributed by atoms with E-state index in [-0.39, 0.29) is 5.82 Å². The predicted octanol–water partition coefficient (Wildman–Crippen LogP) is 4.11. The summed E-state index contributed by atoms with van der Waals surface area (Å²) in [6, 6.07) is 12.4. The van der Waals surface area contributed by atoms with Crippen LogP contribution in [0.3, 0.4) is 0 Å². The van der Waals surface area contributed by atoms with E-state index < -0.39 is 0 Å². The molecule has 100 valence electrons. The Hall–Kier alpha value is -2.03. The summed E-state index contributed by atoms with van der Waals surface area (Å²) in [4.78, 5) is 0. The van der Waals surface area contributed by atoms with Crippen LogP contribution in [0.4, 0.5) is 10.1 Å². The zero-order valence-electron chi connectivity index (χ0n) is 11.2. The van der Waals surface area contributed by atoms with Gasteiger partial charge in [0.25, 0.3) is 0 Å². The van der Waals surface area contributed by atoms with Gasteiger partial charge in [0.2, 0.25) is 0 Å². The Labute approximate surface area is 113 Å². The van der Waals surface area contributed by atoms with E-state index in [0.717, 1.165) is 11.3 Å². The molecule has 0 unspecified atom stereocenters. The van der Waals surface area contributed by atoms with E-state index in [0.29, 0.717) is 18.2 Å². The van der Waals surface area contributed by atoms with E-state index in [1.165, 1.54) is 17.7 Å². The predicted molar refractivity (Wildman–Crippen MR) is 75.7 cm³/mol. The van der Waals surface area contributed by atoms with Gasteiger partial charge in [0.1, 0.15) is 18.2 Å². The fraction of sp³-hybridized carbons (Fsp3) is 0.250. The molecule has 0 atom stereocenters. The third-order valence-corrected chi connectivity index (χ3v) is 2.91. The van der Waals surface area contributed by atoms with Crippen molar-refractivity contribution in [3.05, 3.63) is 59.4 Å². The molecule has 0 aliphatic rings. The number of rotatable bonds is 4. The molecule has 0 aromatic heterocycles. The molecule has 0 aliphatic carbocycles. The van der Waals surface area contributed by atoms with Crippen LogP contribution in [0.15, 0.2) is 42.5 Å². The molecule has 2 nitrogen and oxygen atoms in total. The summed E-state index contributed by atoms with van der Waals surface area (Å²) in [5, 5.41) is 0. The van der Waals surface area contributed by atoms with E-state index in [1.54, 1.807) is 6.07 Å². The largest absolute Gasteiger partial charge is 0.489 e. The molecule has 0 saturated carbocycles. The quantitative estimate of drug-likeness (QED) is 0.839. The molecule has 0 bridgehead atoms. The fourth-order valence-electron chi connectivity index (χ4n) is 1.89. The van der Waals surface area contributed by atoms with Crippen molar-refractivity contribution in [1.29, 1.82) is 0 Å². The topological polar surface area (TPSA) is 35.2 Å². The number of nitrogens with two attached hydrogens (primary N) is 1.